The Kier molecular flexibility index (Phi) is 4.57. The number of β-amino-alcohol motifs (C(OH)–C–C–N with tert-alkyl or cyclic N) is 1. The molecule has 1 aromatic carbocycles. The van der Waals surface area contributed by atoms with Crippen LogP contribution in [-0.4, -0.2) is 41.1 Å². The highest BCUT2D eigenvalue weighted by Crippen LogP contribution is 2.19. The lowest BCUT2D eigenvalue weighted by Gasteiger charge is -2.13. The minimum Gasteiger partial charge on any atom is -0.389 e. The van der Waals surface area contributed by atoms with Gasteiger partial charge in [0.25, 0.3) is 0 Å². The molecule has 0 radical (unpaired) electrons. The smallest absolute Gasteiger partial charge is 0.247 e. The molecule has 1 saturated heterocycles. The fraction of sp³-hybridized carbons (Fsp3) is 0.417. The molecule has 1 fully saturated rings. The first-order valence-corrected chi connectivity index (χ1v) is 6.63. The molecule has 0 bridgehead atoms. The van der Waals surface area contributed by atoms with Crippen LogP contribution in [0.25, 0.3) is 0 Å². The number of halogens is 1. The van der Waals surface area contributed by atoms with Crippen LogP contribution in [0, 0.1) is 5.82 Å². The number of hydroxylamine groups is 2. The van der Waals surface area contributed by atoms with Gasteiger partial charge in [0.15, 0.2) is 0 Å². The number of hydrogen-bond donors (Lipinski definition) is 1. The number of nitrogens with zero attached hydrogens (tertiary/aromatic N) is 1. The first-order valence-electron chi connectivity index (χ1n) is 5.65. The Morgan fingerprint density at radius 2 is 2.22 bits per heavy atom. The predicted molar refractivity (Wildman–Crippen MR) is 65.4 cm³/mol. The van der Waals surface area contributed by atoms with Gasteiger partial charge < -0.3 is 5.11 Å². The van der Waals surface area contributed by atoms with Crippen molar-refractivity contribution in [3.8, 4) is 0 Å². The van der Waals surface area contributed by atoms with E-state index in [0.717, 1.165) is 4.90 Å². The van der Waals surface area contributed by atoms with E-state index in [4.69, 9.17) is 4.84 Å². The maximum Gasteiger partial charge on any atom is 0.247 e. The molecule has 0 saturated carbocycles. The van der Waals surface area contributed by atoms with Crippen molar-refractivity contribution in [2.75, 3.05) is 18.9 Å². The second kappa shape index (κ2) is 6.17. The third kappa shape index (κ3) is 3.69. The summed E-state index contributed by atoms with van der Waals surface area (Å²) in [5, 5.41) is 10.4. The molecule has 98 valence electrons. The summed E-state index contributed by atoms with van der Waals surface area (Å²) in [5.74, 6) is 0.191. The van der Waals surface area contributed by atoms with Gasteiger partial charge in [-0.2, -0.15) is 0 Å². The first kappa shape index (κ1) is 13.3. The molecule has 6 heteroatoms. The van der Waals surface area contributed by atoms with Crippen molar-refractivity contribution >= 4 is 17.7 Å². The van der Waals surface area contributed by atoms with Crippen LogP contribution in [0.3, 0.4) is 0 Å². The van der Waals surface area contributed by atoms with Gasteiger partial charge in [-0.25, -0.2) is 9.45 Å². The molecule has 1 aliphatic rings. The Balaban J connectivity index is 1.72. The summed E-state index contributed by atoms with van der Waals surface area (Å²) in [6.45, 7) is 0.414. The highest BCUT2D eigenvalue weighted by atomic mass is 32.2. The van der Waals surface area contributed by atoms with E-state index < -0.39 is 6.10 Å². The molecule has 1 amide bonds. The number of rotatable bonds is 4. The number of hydrogen-bond acceptors (Lipinski definition) is 4. The zero-order chi connectivity index (χ0) is 13.0. The van der Waals surface area contributed by atoms with E-state index in [9.17, 15) is 14.3 Å². The molecule has 1 aromatic rings. The summed E-state index contributed by atoms with van der Waals surface area (Å²) in [6.07, 6.45) is -0.256. The van der Waals surface area contributed by atoms with Crippen molar-refractivity contribution in [1.82, 2.24) is 5.06 Å². The summed E-state index contributed by atoms with van der Waals surface area (Å²) in [7, 11) is 0. The van der Waals surface area contributed by atoms with E-state index in [1.54, 1.807) is 12.1 Å². The van der Waals surface area contributed by atoms with E-state index in [0.29, 0.717) is 12.2 Å². The SMILES string of the molecule is O=C(CCSc1ccc(F)cc1)N1CC(O)CO1. The van der Waals surface area contributed by atoms with Crippen LogP contribution in [0.1, 0.15) is 6.42 Å². The number of aliphatic hydroxyl groups is 1. The molecule has 0 aliphatic carbocycles. The molecule has 1 heterocycles. The van der Waals surface area contributed by atoms with Gasteiger partial charge in [-0.1, -0.05) is 0 Å². The minimum atomic E-state index is -0.585. The monoisotopic (exact) mass is 271 g/mol. The summed E-state index contributed by atoms with van der Waals surface area (Å²) >= 11 is 1.48. The van der Waals surface area contributed by atoms with Crippen LogP contribution >= 0.6 is 11.8 Å². The van der Waals surface area contributed by atoms with E-state index in [1.807, 2.05) is 0 Å². The van der Waals surface area contributed by atoms with Gasteiger partial charge in [-0.05, 0) is 24.3 Å². The van der Waals surface area contributed by atoms with Gasteiger partial charge in [0.05, 0.1) is 12.6 Å². The van der Waals surface area contributed by atoms with E-state index in [1.165, 1.54) is 29.0 Å². The summed E-state index contributed by atoms with van der Waals surface area (Å²) in [4.78, 5) is 17.6. The zero-order valence-electron chi connectivity index (χ0n) is 9.71. The molecule has 1 unspecified atom stereocenters. The highest BCUT2D eigenvalue weighted by molar-refractivity contribution is 7.99. The predicted octanol–water partition coefficient (Wildman–Crippen LogP) is 1.44. The van der Waals surface area contributed by atoms with E-state index in [2.05, 4.69) is 0 Å². The number of benzene rings is 1. The molecule has 0 spiro atoms. The van der Waals surface area contributed by atoms with E-state index >= 15 is 0 Å². The van der Waals surface area contributed by atoms with Crippen molar-refractivity contribution in [3.05, 3.63) is 30.1 Å². The Bertz CT molecular complexity index is 412. The Labute approximate surface area is 109 Å². The summed E-state index contributed by atoms with van der Waals surface area (Å²) in [5.41, 5.74) is 0. The molecule has 18 heavy (non-hydrogen) atoms. The average Bonchev–Trinajstić information content (AvgIpc) is 2.78. The molecule has 1 aliphatic heterocycles. The number of carbonyl (C=O) groups is 1. The topological polar surface area (TPSA) is 49.8 Å². The fourth-order valence-corrected chi connectivity index (χ4v) is 2.40. The first-order chi connectivity index (χ1) is 8.65. The van der Waals surface area contributed by atoms with Gasteiger partial charge in [0.2, 0.25) is 5.91 Å². The minimum absolute atomic E-state index is 0.138. The third-order valence-electron chi connectivity index (χ3n) is 2.48. The van der Waals surface area contributed by atoms with Gasteiger partial charge >= 0.3 is 0 Å². The standard InChI is InChI=1S/C12H14FNO3S/c13-9-1-3-11(4-2-9)18-6-5-12(16)14-7-10(15)8-17-14/h1-4,10,15H,5-8H2. The summed E-state index contributed by atoms with van der Waals surface area (Å²) in [6, 6.07) is 6.15. The third-order valence-corrected chi connectivity index (χ3v) is 3.49. The van der Waals surface area contributed by atoms with Crippen LogP contribution in [0.2, 0.25) is 0 Å². The zero-order valence-corrected chi connectivity index (χ0v) is 10.5. The van der Waals surface area contributed by atoms with Crippen molar-refractivity contribution in [1.29, 1.82) is 0 Å². The largest absolute Gasteiger partial charge is 0.389 e. The molecule has 1 N–H and O–H groups in total. The second-order valence-corrected chi connectivity index (χ2v) is 5.13. The number of carbonyl (C=O) groups excluding carboxylic acids is 1. The van der Waals surface area contributed by atoms with Crippen molar-refractivity contribution in [3.63, 3.8) is 0 Å². The Morgan fingerprint density at radius 3 is 2.83 bits per heavy atom. The maximum absolute atomic E-state index is 12.7. The van der Waals surface area contributed by atoms with Gasteiger partial charge in [-0.15, -0.1) is 11.8 Å². The molecule has 0 aromatic heterocycles. The van der Waals surface area contributed by atoms with Crippen LogP contribution < -0.4 is 0 Å². The Morgan fingerprint density at radius 1 is 1.50 bits per heavy atom. The molecule has 1 atom stereocenters. The molecule has 2 rings (SSSR count). The summed E-state index contributed by atoms with van der Waals surface area (Å²) < 4.78 is 12.7. The van der Waals surface area contributed by atoms with Gasteiger partial charge in [0, 0.05) is 17.1 Å². The van der Waals surface area contributed by atoms with Crippen molar-refractivity contribution in [2.45, 2.75) is 17.4 Å². The number of aliphatic hydroxyl groups excluding tert-OH is 1. The lowest BCUT2D eigenvalue weighted by molar-refractivity contribution is -0.168. The highest BCUT2D eigenvalue weighted by Gasteiger charge is 2.25. The van der Waals surface area contributed by atoms with Crippen LogP contribution in [0.15, 0.2) is 29.2 Å². The molecular weight excluding hydrogens is 257 g/mol. The lowest BCUT2D eigenvalue weighted by Crippen LogP contribution is -2.28. The molecular formula is C12H14FNO3S. The normalized spacial score (nSPS) is 19.2. The maximum atomic E-state index is 12.7. The van der Waals surface area contributed by atoms with Gasteiger partial charge in [0.1, 0.15) is 12.4 Å². The molecule has 4 nitrogen and oxygen atoms in total. The number of amides is 1. The van der Waals surface area contributed by atoms with Crippen LogP contribution in [0.4, 0.5) is 4.39 Å². The van der Waals surface area contributed by atoms with Gasteiger partial charge in [-0.3, -0.25) is 9.63 Å². The quantitative estimate of drug-likeness (QED) is 0.842. The van der Waals surface area contributed by atoms with Crippen LogP contribution in [-0.2, 0) is 9.63 Å². The van der Waals surface area contributed by atoms with Crippen molar-refractivity contribution < 1.29 is 19.1 Å². The second-order valence-electron chi connectivity index (χ2n) is 3.96. The lowest BCUT2D eigenvalue weighted by atomic mass is 10.3. The van der Waals surface area contributed by atoms with Crippen molar-refractivity contribution in [2.24, 2.45) is 0 Å². The fourth-order valence-electron chi connectivity index (χ4n) is 1.56. The Hall–Kier alpha value is -1.11. The number of thioether (sulfide) groups is 1. The average molecular weight is 271 g/mol. The van der Waals surface area contributed by atoms with E-state index in [-0.39, 0.29) is 24.9 Å². The van der Waals surface area contributed by atoms with Crippen LogP contribution in [0.5, 0.6) is 0 Å².